The first kappa shape index (κ1) is 17.6. The second kappa shape index (κ2) is 7.79. The maximum Gasteiger partial charge on any atom is 0.353 e. The van der Waals surface area contributed by atoms with Gasteiger partial charge in [-0.15, -0.1) is 0 Å². The van der Waals surface area contributed by atoms with Crippen molar-refractivity contribution in [1.82, 2.24) is 9.97 Å². The normalized spacial score (nSPS) is 11.6. The number of hydrogen-bond acceptors (Lipinski definition) is 6. The van der Waals surface area contributed by atoms with Gasteiger partial charge in [-0.1, -0.05) is 54.1 Å². The molecular formula is C18H16ClN5O2. The second-order valence-electron chi connectivity index (χ2n) is 5.56. The van der Waals surface area contributed by atoms with Crippen molar-refractivity contribution in [2.24, 2.45) is 0 Å². The van der Waals surface area contributed by atoms with Crippen LogP contribution in [0.25, 0.3) is 0 Å². The zero-order valence-electron chi connectivity index (χ0n) is 13.9. The molecule has 0 aliphatic carbocycles. The fourth-order valence-corrected chi connectivity index (χ4v) is 2.65. The Kier molecular flexibility index (Phi) is 5.28. The summed E-state index contributed by atoms with van der Waals surface area (Å²) in [6.45, 7) is 1.91. The van der Waals surface area contributed by atoms with Crippen LogP contribution >= 0.6 is 11.6 Å². The number of hydrogen-bond donors (Lipinski definition) is 2. The molecule has 0 amide bonds. The van der Waals surface area contributed by atoms with Gasteiger partial charge in [0.25, 0.3) is 0 Å². The summed E-state index contributed by atoms with van der Waals surface area (Å²) in [6, 6.07) is 16.4. The predicted octanol–water partition coefficient (Wildman–Crippen LogP) is 4.95. The predicted molar refractivity (Wildman–Crippen MR) is 102 cm³/mol. The lowest BCUT2D eigenvalue weighted by atomic mass is 10.1. The molecule has 1 aromatic heterocycles. The number of para-hydroxylation sites is 1. The van der Waals surface area contributed by atoms with E-state index in [1.165, 1.54) is 6.33 Å². The first-order valence-electron chi connectivity index (χ1n) is 7.88. The highest BCUT2D eigenvalue weighted by Crippen LogP contribution is 2.34. The minimum absolute atomic E-state index is 0.0702. The number of halogens is 1. The average Bonchev–Trinajstić information content (AvgIpc) is 2.64. The molecule has 26 heavy (non-hydrogen) atoms. The van der Waals surface area contributed by atoms with Gasteiger partial charge in [-0.3, -0.25) is 10.1 Å². The van der Waals surface area contributed by atoms with E-state index >= 15 is 0 Å². The van der Waals surface area contributed by atoms with Crippen molar-refractivity contribution in [2.75, 3.05) is 10.6 Å². The van der Waals surface area contributed by atoms with Crippen molar-refractivity contribution < 1.29 is 4.92 Å². The number of nitrogens with zero attached hydrogens (tertiary/aromatic N) is 3. The van der Waals surface area contributed by atoms with Gasteiger partial charge in [0.15, 0.2) is 0 Å². The van der Waals surface area contributed by atoms with Crippen molar-refractivity contribution in [3.8, 4) is 0 Å². The Bertz CT molecular complexity index is 920. The lowest BCUT2D eigenvalue weighted by Crippen LogP contribution is -2.11. The molecule has 1 unspecified atom stereocenters. The highest BCUT2D eigenvalue weighted by Gasteiger charge is 2.24. The quantitative estimate of drug-likeness (QED) is 0.471. The molecule has 7 nitrogen and oxygen atoms in total. The van der Waals surface area contributed by atoms with Crippen molar-refractivity contribution in [3.05, 3.63) is 81.6 Å². The maximum absolute atomic E-state index is 11.6. The molecule has 0 radical (unpaired) electrons. The van der Waals surface area contributed by atoms with Crippen molar-refractivity contribution in [2.45, 2.75) is 13.0 Å². The zero-order chi connectivity index (χ0) is 18.5. The summed E-state index contributed by atoms with van der Waals surface area (Å²) in [5, 5.41) is 18.1. The number of aromatic nitrogens is 2. The summed E-state index contributed by atoms with van der Waals surface area (Å²) in [4.78, 5) is 19.2. The van der Waals surface area contributed by atoms with Gasteiger partial charge >= 0.3 is 5.69 Å². The van der Waals surface area contributed by atoms with Crippen LogP contribution in [-0.4, -0.2) is 14.9 Å². The first-order chi connectivity index (χ1) is 12.6. The van der Waals surface area contributed by atoms with E-state index in [1.54, 1.807) is 24.3 Å². The summed E-state index contributed by atoms with van der Waals surface area (Å²) in [5.74, 6) is 0.205. The third-order valence-corrected chi connectivity index (χ3v) is 4.11. The van der Waals surface area contributed by atoms with Crippen molar-refractivity contribution >= 4 is 34.6 Å². The summed E-state index contributed by atoms with van der Waals surface area (Å²) in [5.41, 5.74) is 1.27. The standard InChI is InChI=1S/C18H16ClN5O2/c1-12(13-7-3-2-4-8-13)22-17-16(24(25)26)18(21-11-20-17)23-15-10-6-5-9-14(15)19/h2-12H,1H3,(H2,20,21,22,23). The minimum Gasteiger partial charge on any atom is -0.358 e. The topological polar surface area (TPSA) is 93.0 Å². The van der Waals surface area contributed by atoms with Gasteiger partial charge < -0.3 is 10.6 Å². The smallest absolute Gasteiger partial charge is 0.353 e. The van der Waals surface area contributed by atoms with Crippen LogP contribution in [0.4, 0.5) is 23.0 Å². The minimum atomic E-state index is -0.515. The lowest BCUT2D eigenvalue weighted by molar-refractivity contribution is -0.383. The highest BCUT2D eigenvalue weighted by atomic mass is 35.5. The second-order valence-corrected chi connectivity index (χ2v) is 5.97. The largest absolute Gasteiger partial charge is 0.358 e. The van der Waals surface area contributed by atoms with Crippen LogP contribution in [0.3, 0.4) is 0 Å². The Morgan fingerprint density at radius 3 is 2.38 bits per heavy atom. The fraction of sp³-hybridized carbons (Fsp3) is 0.111. The van der Waals surface area contributed by atoms with Crippen LogP contribution in [0.2, 0.25) is 5.02 Å². The molecule has 0 saturated carbocycles. The van der Waals surface area contributed by atoms with Gasteiger partial charge in [0.1, 0.15) is 6.33 Å². The lowest BCUT2D eigenvalue weighted by Gasteiger charge is -2.16. The van der Waals surface area contributed by atoms with Crippen molar-refractivity contribution in [1.29, 1.82) is 0 Å². The van der Waals surface area contributed by atoms with E-state index < -0.39 is 4.92 Å². The molecule has 3 rings (SSSR count). The number of anilines is 3. The van der Waals surface area contributed by atoms with E-state index in [9.17, 15) is 10.1 Å². The molecule has 8 heteroatoms. The first-order valence-corrected chi connectivity index (χ1v) is 8.26. The van der Waals surface area contributed by atoms with Gasteiger partial charge in [-0.25, -0.2) is 9.97 Å². The summed E-state index contributed by atoms with van der Waals surface area (Å²) in [6.07, 6.45) is 1.27. The Balaban J connectivity index is 1.94. The SMILES string of the molecule is CC(Nc1ncnc(Nc2ccccc2Cl)c1[N+](=O)[O-])c1ccccc1. The van der Waals surface area contributed by atoms with E-state index in [-0.39, 0.29) is 23.4 Å². The molecule has 132 valence electrons. The van der Waals surface area contributed by atoms with E-state index in [0.717, 1.165) is 5.56 Å². The van der Waals surface area contributed by atoms with Crippen molar-refractivity contribution in [3.63, 3.8) is 0 Å². The molecule has 0 bridgehead atoms. The van der Waals surface area contributed by atoms with E-state index in [2.05, 4.69) is 20.6 Å². The molecule has 3 aromatic rings. The third-order valence-electron chi connectivity index (χ3n) is 3.78. The van der Waals surface area contributed by atoms with Gasteiger partial charge in [0, 0.05) is 0 Å². The van der Waals surface area contributed by atoms with Crippen LogP contribution in [0.5, 0.6) is 0 Å². The number of nitrogens with one attached hydrogen (secondary N) is 2. The number of nitro groups is 1. The molecule has 0 spiro atoms. The highest BCUT2D eigenvalue weighted by molar-refractivity contribution is 6.33. The monoisotopic (exact) mass is 369 g/mol. The van der Waals surface area contributed by atoms with Gasteiger partial charge in [-0.05, 0) is 24.6 Å². The number of rotatable bonds is 6. The molecule has 0 fully saturated rings. The average molecular weight is 370 g/mol. The Morgan fingerprint density at radius 1 is 1.04 bits per heavy atom. The molecular weight excluding hydrogens is 354 g/mol. The van der Waals surface area contributed by atoms with E-state index in [4.69, 9.17) is 11.6 Å². The van der Waals surface area contributed by atoms with Crippen LogP contribution in [0.1, 0.15) is 18.5 Å². The zero-order valence-corrected chi connectivity index (χ0v) is 14.6. The van der Waals surface area contributed by atoms with Gasteiger partial charge in [-0.2, -0.15) is 0 Å². The molecule has 2 N–H and O–H groups in total. The molecule has 1 atom stereocenters. The van der Waals surface area contributed by atoms with Crippen LogP contribution in [0.15, 0.2) is 60.9 Å². The molecule has 2 aromatic carbocycles. The Morgan fingerprint density at radius 2 is 1.69 bits per heavy atom. The summed E-state index contributed by atoms with van der Waals surface area (Å²) < 4.78 is 0. The maximum atomic E-state index is 11.6. The van der Waals surface area contributed by atoms with E-state index in [1.807, 2.05) is 37.3 Å². The Labute approximate surface area is 155 Å². The van der Waals surface area contributed by atoms with Gasteiger partial charge in [0.2, 0.25) is 11.6 Å². The van der Waals surface area contributed by atoms with Crippen LogP contribution in [-0.2, 0) is 0 Å². The third kappa shape index (κ3) is 3.89. The molecule has 0 saturated heterocycles. The van der Waals surface area contributed by atoms with E-state index in [0.29, 0.717) is 10.7 Å². The summed E-state index contributed by atoms with van der Waals surface area (Å²) >= 11 is 6.12. The van der Waals surface area contributed by atoms with Crippen LogP contribution < -0.4 is 10.6 Å². The van der Waals surface area contributed by atoms with Crippen LogP contribution in [0, 0.1) is 10.1 Å². The molecule has 0 aliphatic heterocycles. The summed E-state index contributed by atoms with van der Waals surface area (Å²) in [7, 11) is 0. The van der Waals surface area contributed by atoms with Gasteiger partial charge in [0.05, 0.1) is 21.7 Å². The molecule has 0 aliphatic rings. The number of benzene rings is 2. The molecule has 1 heterocycles. The Hall–Kier alpha value is -3.19. The fourth-order valence-electron chi connectivity index (χ4n) is 2.47.